The van der Waals surface area contributed by atoms with Crippen molar-refractivity contribution in [2.24, 2.45) is 5.73 Å². The van der Waals surface area contributed by atoms with Crippen molar-refractivity contribution in [2.75, 3.05) is 6.54 Å². The molecule has 29 heavy (non-hydrogen) atoms. The van der Waals surface area contributed by atoms with Gasteiger partial charge in [0.05, 0.1) is 11.1 Å². The monoisotopic (exact) mass is 390 g/mol. The minimum Gasteiger partial charge on any atom is -0.402 e. The van der Waals surface area contributed by atoms with Crippen molar-refractivity contribution in [2.45, 2.75) is 39.0 Å². The summed E-state index contributed by atoms with van der Waals surface area (Å²) in [6.07, 6.45) is 2.36. The van der Waals surface area contributed by atoms with E-state index in [9.17, 15) is 14.4 Å². The highest BCUT2D eigenvalue weighted by atomic mass is 16.2. The Balaban J connectivity index is 1.56. The van der Waals surface area contributed by atoms with Crippen molar-refractivity contribution in [1.29, 1.82) is 0 Å². The lowest BCUT2D eigenvalue weighted by Gasteiger charge is -2.18. The van der Waals surface area contributed by atoms with E-state index in [0.29, 0.717) is 35.2 Å². The maximum absolute atomic E-state index is 12.4. The number of hydrogen-bond acceptors (Lipinski definition) is 4. The van der Waals surface area contributed by atoms with E-state index < -0.39 is 0 Å². The van der Waals surface area contributed by atoms with Gasteiger partial charge < -0.3 is 5.73 Å². The Kier molecular flexibility index (Phi) is 5.69. The summed E-state index contributed by atoms with van der Waals surface area (Å²) in [5.41, 5.74) is 9.09. The fourth-order valence-electron chi connectivity index (χ4n) is 3.34. The standard InChI is InChI=1S/C24H26N2O3/c1-24(2,3)17-12-10-16(11-13-17)21(27)15-18(25)7-6-14-26-22(28)19-8-4-5-9-20(19)23(26)29/h4-5,8-13,15H,6-7,14,25H2,1-3H3. The molecule has 0 saturated carbocycles. The van der Waals surface area contributed by atoms with E-state index in [-0.39, 0.29) is 29.6 Å². The number of carbonyl (C=O) groups is 3. The van der Waals surface area contributed by atoms with Crippen LogP contribution < -0.4 is 5.73 Å². The summed E-state index contributed by atoms with van der Waals surface area (Å²) in [5, 5.41) is 0. The summed E-state index contributed by atoms with van der Waals surface area (Å²) in [6.45, 7) is 6.64. The van der Waals surface area contributed by atoms with Gasteiger partial charge in [-0.2, -0.15) is 0 Å². The number of benzene rings is 2. The van der Waals surface area contributed by atoms with Crippen LogP contribution in [-0.4, -0.2) is 29.0 Å². The van der Waals surface area contributed by atoms with Crippen molar-refractivity contribution in [3.05, 3.63) is 82.6 Å². The van der Waals surface area contributed by atoms with Crippen LogP contribution in [0, 0.1) is 0 Å². The van der Waals surface area contributed by atoms with E-state index in [2.05, 4.69) is 20.8 Å². The minimum atomic E-state index is -0.275. The zero-order valence-corrected chi connectivity index (χ0v) is 17.1. The van der Waals surface area contributed by atoms with Crippen LogP contribution in [0.4, 0.5) is 0 Å². The molecule has 5 nitrogen and oxygen atoms in total. The van der Waals surface area contributed by atoms with Crippen molar-refractivity contribution in [3.63, 3.8) is 0 Å². The van der Waals surface area contributed by atoms with Gasteiger partial charge in [0.2, 0.25) is 0 Å². The van der Waals surface area contributed by atoms with Crippen LogP contribution in [0.3, 0.4) is 0 Å². The molecule has 2 aromatic rings. The highest BCUT2D eigenvalue weighted by Crippen LogP contribution is 2.24. The van der Waals surface area contributed by atoms with Crippen LogP contribution in [0.5, 0.6) is 0 Å². The topological polar surface area (TPSA) is 80.5 Å². The van der Waals surface area contributed by atoms with Gasteiger partial charge in [-0.15, -0.1) is 0 Å². The molecule has 0 saturated heterocycles. The molecule has 0 aromatic heterocycles. The van der Waals surface area contributed by atoms with Gasteiger partial charge in [-0.25, -0.2) is 0 Å². The first-order valence-electron chi connectivity index (χ1n) is 9.74. The molecule has 0 unspecified atom stereocenters. The second-order valence-electron chi connectivity index (χ2n) is 8.32. The molecule has 2 amide bonds. The highest BCUT2D eigenvalue weighted by molar-refractivity contribution is 6.21. The first kappa shape index (κ1) is 20.5. The lowest BCUT2D eigenvalue weighted by molar-refractivity contribution is 0.0652. The van der Waals surface area contributed by atoms with Crippen LogP contribution >= 0.6 is 0 Å². The van der Waals surface area contributed by atoms with Crippen LogP contribution in [0.25, 0.3) is 0 Å². The van der Waals surface area contributed by atoms with Gasteiger partial charge in [0.15, 0.2) is 5.78 Å². The molecule has 2 aromatic carbocycles. The lowest BCUT2D eigenvalue weighted by atomic mass is 9.86. The molecule has 150 valence electrons. The molecular formula is C24H26N2O3. The number of carbonyl (C=O) groups excluding carboxylic acids is 3. The summed E-state index contributed by atoms with van der Waals surface area (Å²) in [6, 6.07) is 14.3. The molecule has 0 aliphatic carbocycles. The molecular weight excluding hydrogens is 364 g/mol. The molecule has 0 fully saturated rings. The number of nitrogens with zero attached hydrogens (tertiary/aromatic N) is 1. The van der Waals surface area contributed by atoms with E-state index in [1.165, 1.54) is 11.0 Å². The first-order valence-corrected chi connectivity index (χ1v) is 9.74. The molecule has 0 radical (unpaired) electrons. The quantitative estimate of drug-likeness (QED) is 0.458. The number of amides is 2. The Labute approximate surface area is 171 Å². The summed E-state index contributed by atoms with van der Waals surface area (Å²) in [7, 11) is 0. The van der Waals surface area contributed by atoms with Crippen LogP contribution in [0.2, 0.25) is 0 Å². The Morgan fingerprint density at radius 2 is 1.52 bits per heavy atom. The Hall–Kier alpha value is -3.21. The number of allylic oxidation sites excluding steroid dienone is 2. The predicted molar refractivity (Wildman–Crippen MR) is 113 cm³/mol. The molecule has 2 N–H and O–H groups in total. The number of hydrogen-bond donors (Lipinski definition) is 1. The van der Waals surface area contributed by atoms with Crippen molar-refractivity contribution >= 4 is 17.6 Å². The molecule has 1 aliphatic heterocycles. The smallest absolute Gasteiger partial charge is 0.261 e. The van der Waals surface area contributed by atoms with E-state index in [1.807, 2.05) is 24.3 Å². The molecule has 5 heteroatoms. The SMILES string of the molecule is CC(C)(C)c1ccc(C(=O)C=C(N)CCCN2C(=O)c3ccccc3C2=O)cc1. The maximum Gasteiger partial charge on any atom is 0.261 e. The third-order valence-electron chi connectivity index (χ3n) is 5.08. The lowest BCUT2D eigenvalue weighted by Crippen LogP contribution is -2.30. The van der Waals surface area contributed by atoms with E-state index in [1.54, 1.807) is 24.3 Å². The van der Waals surface area contributed by atoms with Crippen LogP contribution in [0.1, 0.15) is 70.3 Å². The van der Waals surface area contributed by atoms with Gasteiger partial charge in [-0.05, 0) is 36.0 Å². The van der Waals surface area contributed by atoms with Gasteiger partial charge in [0.25, 0.3) is 11.8 Å². The van der Waals surface area contributed by atoms with Crippen molar-refractivity contribution in [1.82, 2.24) is 4.90 Å². The Morgan fingerprint density at radius 1 is 0.966 bits per heavy atom. The second-order valence-corrected chi connectivity index (χ2v) is 8.32. The Morgan fingerprint density at radius 3 is 2.03 bits per heavy atom. The van der Waals surface area contributed by atoms with Gasteiger partial charge in [0, 0.05) is 23.9 Å². The van der Waals surface area contributed by atoms with Gasteiger partial charge in [-0.1, -0.05) is 57.2 Å². The maximum atomic E-state index is 12.4. The van der Waals surface area contributed by atoms with Crippen molar-refractivity contribution in [3.8, 4) is 0 Å². The van der Waals surface area contributed by atoms with Crippen molar-refractivity contribution < 1.29 is 14.4 Å². The minimum absolute atomic E-state index is 0.0283. The van der Waals surface area contributed by atoms with Crippen LogP contribution in [0.15, 0.2) is 60.3 Å². The number of ketones is 1. The van der Waals surface area contributed by atoms with Gasteiger partial charge >= 0.3 is 0 Å². The predicted octanol–water partition coefficient (Wildman–Crippen LogP) is 4.09. The van der Waals surface area contributed by atoms with E-state index in [0.717, 1.165) is 5.56 Å². The average Bonchev–Trinajstić information content (AvgIpc) is 2.92. The average molecular weight is 390 g/mol. The van der Waals surface area contributed by atoms with Crippen LogP contribution in [-0.2, 0) is 5.41 Å². The summed E-state index contributed by atoms with van der Waals surface area (Å²) in [4.78, 5) is 38.4. The molecule has 1 aliphatic rings. The number of rotatable bonds is 6. The molecule has 0 atom stereocenters. The third-order valence-corrected chi connectivity index (χ3v) is 5.08. The highest BCUT2D eigenvalue weighted by Gasteiger charge is 2.34. The molecule has 1 heterocycles. The van der Waals surface area contributed by atoms with Gasteiger partial charge in [-0.3, -0.25) is 19.3 Å². The zero-order valence-electron chi connectivity index (χ0n) is 17.1. The molecule has 3 rings (SSSR count). The zero-order chi connectivity index (χ0) is 21.2. The first-order chi connectivity index (χ1) is 13.7. The van der Waals surface area contributed by atoms with E-state index >= 15 is 0 Å². The second kappa shape index (κ2) is 8.03. The summed E-state index contributed by atoms with van der Waals surface area (Å²) >= 11 is 0. The number of nitrogens with two attached hydrogens (primary N) is 1. The summed E-state index contributed by atoms with van der Waals surface area (Å²) in [5.74, 6) is -0.699. The largest absolute Gasteiger partial charge is 0.402 e. The fraction of sp³-hybridized carbons (Fsp3) is 0.292. The molecule has 0 spiro atoms. The summed E-state index contributed by atoms with van der Waals surface area (Å²) < 4.78 is 0. The Bertz CT molecular complexity index is 947. The fourth-order valence-corrected chi connectivity index (χ4v) is 3.34. The third kappa shape index (κ3) is 4.45. The number of imide groups is 1. The molecule has 0 bridgehead atoms. The van der Waals surface area contributed by atoms with E-state index in [4.69, 9.17) is 5.73 Å². The normalized spacial score (nSPS) is 14.3. The number of fused-ring (bicyclic) bond motifs is 1. The van der Waals surface area contributed by atoms with Gasteiger partial charge in [0.1, 0.15) is 0 Å².